The number of sulfonamides is 1. The van der Waals surface area contributed by atoms with E-state index in [2.05, 4.69) is 5.32 Å². The SMILES string of the molecule is Cc1ccc([C@@H]2Nc3ccccc3S(=O)(=O)N2CCc2ccc(Cl)cc2)cc1. The van der Waals surface area contributed by atoms with E-state index in [0.717, 1.165) is 16.7 Å². The Balaban J connectivity index is 1.71. The minimum absolute atomic E-state index is 0.314. The van der Waals surface area contributed by atoms with Crippen LogP contribution in [0.1, 0.15) is 22.9 Å². The van der Waals surface area contributed by atoms with Crippen LogP contribution < -0.4 is 5.32 Å². The van der Waals surface area contributed by atoms with E-state index >= 15 is 0 Å². The molecule has 0 aromatic heterocycles. The monoisotopic (exact) mass is 412 g/mol. The average molecular weight is 413 g/mol. The van der Waals surface area contributed by atoms with Gasteiger partial charge in [0, 0.05) is 11.6 Å². The maximum atomic E-state index is 13.4. The second-order valence-corrected chi connectivity index (χ2v) is 9.24. The summed E-state index contributed by atoms with van der Waals surface area (Å²) in [5, 5.41) is 4.08. The van der Waals surface area contributed by atoms with Crippen molar-refractivity contribution < 1.29 is 8.42 Å². The molecule has 0 aliphatic carbocycles. The Kier molecular flexibility index (Phi) is 5.15. The Hall–Kier alpha value is -2.34. The van der Waals surface area contributed by atoms with E-state index in [1.54, 1.807) is 16.4 Å². The van der Waals surface area contributed by atoms with Gasteiger partial charge in [-0.05, 0) is 48.7 Å². The molecule has 3 aromatic rings. The summed E-state index contributed by atoms with van der Waals surface area (Å²) in [6, 6.07) is 22.5. The topological polar surface area (TPSA) is 49.4 Å². The third-order valence-corrected chi connectivity index (χ3v) is 7.16. The molecule has 3 aromatic carbocycles. The number of rotatable bonds is 4. The average Bonchev–Trinajstić information content (AvgIpc) is 2.69. The number of hydrogen-bond acceptors (Lipinski definition) is 3. The summed E-state index contributed by atoms with van der Waals surface area (Å²) in [5.41, 5.74) is 3.73. The van der Waals surface area contributed by atoms with Gasteiger partial charge in [0.1, 0.15) is 11.1 Å². The minimum Gasteiger partial charge on any atom is -0.364 e. The summed E-state index contributed by atoms with van der Waals surface area (Å²) in [4.78, 5) is 0.314. The van der Waals surface area contributed by atoms with Gasteiger partial charge in [-0.1, -0.05) is 65.7 Å². The quantitative estimate of drug-likeness (QED) is 0.655. The summed E-state index contributed by atoms with van der Waals surface area (Å²) in [6.45, 7) is 2.38. The minimum atomic E-state index is -3.62. The molecule has 1 heterocycles. The van der Waals surface area contributed by atoms with Gasteiger partial charge in [-0.15, -0.1) is 0 Å². The maximum absolute atomic E-state index is 13.4. The number of fused-ring (bicyclic) bond motifs is 1. The van der Waals surface area contributed by atoms with Crippen LogP contribution in [0.25, 0.3) is 0 Å². The van der Waals surface area contributed by atoms with Crippen molar-refractivity contribution >= 4 is 27.3 Å². The predicted octanol–water partition coefficient (Wildman–Crippen LogP) is 5.01. The van der Waals surface area contributed by atoms with Crippen molar-refractivity contribution in [1.29, 1.82) is 0 Å². The van der Waals surface area contributed by atoms with Crippen molar-refractivity contribution in [3.63, 3.8) is 0 Å². The lowest BCUT2D eigenvalue weighted by Gasteiger charge is -2.37. The van der Waals surface area contributed by atoms with Crippen LogP contribution in [0.4, 0.5) is 5.69 Å². The van der Waals surface area contributed by atoms with Crippen LogP contribution in [-0.2, 0) is 16.4 Å². The molecule has 4 rings (SSSR count). The van der Waals surface area contributed by atoms with Crippen molar-refractivity contribution in [1.82, 2.24) is 4.31 Å². The van der Waals surface area contributed by atoms with Crippen molar-refractivity contribution in [2.45, 2.75) is 24.4 Å². The van der Waals surface area contributed by atoms with Crippen LogP contribution >= 0.6 is 11.6 Å². The molecular weight excluding hydrogens is 392 g/mol. The Morgan fingerprint density at radius 1 is 0.964 bits per heavy atom. The fraction of sp³-hybridized carbons (Fsp3) is 0.182. The normalized spacial score (nSPS) is 18.3. The van der Waals surface area contributed by atoms with Gasteiger partial charge in [-0.25, -0.2) is 8.42 Å². The summed E-state index contributed by atoms with van der Waals surface area (Å²) in [5.74, 6) is 0. The molecule has 0 radical (unpaired) electrons. The zero-order chi connectivity index (χ0) is 19.7. The molecule has 0 bridgehead atoms. The van der Waals surface area contributed by atoms with Crippen molar-refractivity contribution in [2.75, 3.05) is 11.9 Å². The lowest BCUT2D eigenvalue weighted by Crippen LogP contribution is -2.43. The van der Waals surface area contributed by atoms with E-state index in [4.69, 9.17) is 11.6 Å². The highest BCUT2D eigenvalue weighted by molar-refractivity contribution is 7.89. The molecule has 1 N–H and O–H groups in total. The number of nitrogens with zero attached hydrogens (tertiary/aromatic N) is 1. The number of aryl methyl sites for hydroxylation is 1. The highest BCUT2D eigenvalue weighted by atomic mass is 35.5. The smallest absolute Gasteiger partial charge is 0.247 e. The lowest BCUT2D eigenvalue weighted by molar-refractivity contribution is 0.345. The molecule has 28 heavy (non-hydrogen) atoms. The third kappa shape index (κ3) is 3.65. The summed E-state index contributed by atoms with van der Waals surface area (Å²) >= 11 is 5.96. The molecule has 0 spiro atoms. The first kappa shape index (κ1) is 19.0. The molecule has 1 atom stereocenters. The van der Waals surface area contributed by atoms with Crippen molar-refractivity contribution in [2.24, 2.45) is 0 Å². The van der Waals surface area contributed by atoms with E-state index in [1.807, 2.05) is 67.6 Å². The van der Waals surface area contributed by atoms with Crippen LogP contribution in [0.3, 0.4) is 0 Å². The van der Waals surface area contributed by atoms with Gasteiger partial charge in [-0.3, -0.25) is 0 Å². The van der Waals surface area contributed by atoms with E-state index < -0.39 is 16.2 Å². The molecule has 144 valence electrons. The van der Waals surface area contributed by atoms with Gasteiger partial charge in [-0.2, -0.15) is 4.31 Å². The van der Waals surface area contributed by atoms with Crippen LogP contribution in [-0.4, -0.2) is 19.3 Å². The first-order chi connectivity index (χ1) is 13.4. The largest absolute Gasteiger partial charge is 0.364 e. The third-order valence-electron chi connectivity index (χ3n) is 4.98. The Bertz CT molecular complexity index is 1080. The van der Waals surface area contributed by atoms with Gasteiger partial charge in [0.05, 0.1) is 5.69 Å². The van der Waals surface area contributed by atoms with Gasteiger partial charge >= 0.3 is 0 Å². The van der Waals surface area contributed by atoms with E-state index in [9.17, 15) is 8.42 Å². The van der Waals surface area contributed by atoms with Gasteiger partial charge in [0.15, 0.2) is 0 Å². The Labute approximate surface area is 170 Å². The van der Waals surface area contributed by atoms with Gasteiger partial charge < -0.3 is 5.32 Å². The number of anilines is 1. The maximum Gasteiger partial charge on any atom is 0.247 e. The molecule has 0 unspecified atom stereocenters. The molecule has 1 aliphatic rings. The van der Waals surface area contributed by atoms with E-state index in [0.29, 0.717) is 28.6 Å². The molecule has 0 fully saturated rings. The number of nitrogens with one attached hydrogen (secondary N) is 1. The molecular formula is C22H21ClN2O2S. The lowest BCUT2D eigenvalue weighted by atomic mass is 10.1. The van der Waals surface area contributed by atoms with Crippen LogP contribution in [0.2, 0.25) is 5.02 Å². The summed E-state index contributed by atoms with van der Waals surface area (Å²) in [6.07, 6.45) is 0.149. The molecule has 1 aliphatic heterocycles. The van der Waals surface area contributed by atoms with Gasteiger partial charge in [0.25, 0.3) is 0 Å². The van der Waals surface area contributed by atoms with Crippen LogP contribution in [0, 0.1) is 6.92 Å². The number of para-hydroxylation sites is 1. The summed E-state index contributed by atoms with van der Waals surface area (Å²) < 4.78 is 28.3. The van der Waals surface area contributed by atoms with Crippen molar-refractivity contribution in [3.05, 3.63) is 94.5 Å². The fourth-order valence-corrected chi connectivity index (χ4v) is 5.25. The second-order valence-electron chi connectivity index (χ2n) is 6.95. The number of halogens is 1. The molecule has 0 amide bonds. The van der Waals surface area contributed by atoms with Crippen LogP contribution in [0.5, 0.6) is 0 Å². The highest BCUT2D eigenvalue weighted by Crippen LogP contribution is 2.38. The Morgan fingerprint density at radius 3 is 2.36 bits per heavy atom. The second kappa shape index (κ2) is 7.59. The standard InChI is InChI=1S/C22H21ClN2O2S/c1-16-6-10-18(11-7-16)22-24-20-4-2-3-5-21(20)28(26,27)25(22)15-14-17-8-12-19(23)13-9-17/h2-13,22,24H,14-15H2,1H3/t22-/m1/s1. The summed E-state index contributed by atoms with van der Waals surface area (Å²) in [7, 11) is -3.62. The number of hydrogen-bond donors (Lipinski definition) is 1. The highest BCUT2D eigenvalue weighted by Gasteiger charge is 2.38. The van der Waals surface area contributed by atoms with Crippen LogP contribution in [0.15, 0.2) is 77.7 Å². The van der Waals surface area contributed by atoms with Crippen molar-refractivity contribution in [3.8, 4) is 0 Å². The van der Waals surface area contributed by atoms with E-state index in [1.165, 1.54) is 0 Å². The predicted molar refractivity (Wildman–Crippen MR) is 113 cm³/mol. The fourth-order valence-electron chi connectivity index (χ4n) is 3.43. The number of benzene rings is 3. The van der Waals surface area contributed by atoms with E-state index in [-0.39, 0.29) is 0 Å². The first-order valence-electron chi connectivity index (χ1n) is 9.13. The van der Waals surface area contributed by atoms with Gasteiger partial charge in [0.2, 0.25) is 10.0 Å². The zero-order valence-electron chi connectivity index (χ0n) is 15.5. The molecule has 4 nitrogen and oxygen atoms in total. The zero-order valence-corrected chi connectivity index (χ0v) is 17.0. The first-order valence-corrected chi connectivity index (χ1v) is 11.0. The molecule has 0 saturated carbocycles. The molecule has 6 heteroatoms. The molecule has 0 saturated heterocycles. The Morgan fingerprint density at radius 2 is 1.64 bits per heavy atom.